The van der Waals surface area contributed by atoms with Crippen LogP contribution in [0, 0.1) is 6.92 Å². The number of rotatable bonds is 7. The minimum Gasteiger partial charge on any atom is -0.484 e. The molecule has 0 bridgehead atoms. The van der Waals surface area contributed by atoms with E-state index in [1.54, 1.807) is 0 Å². The van der Waals surface area contributed by atoms with E-state index < -0.39 is 0 Å². The van der Waals surface area contributed by atoms with Crippen LogP contribution in [0.5, 0.6) is 5.75 Å². The summed E-state index contributed by atoms with van der Waals surface area (Å²) in [6, 6.07) is 11.9. The molecule has 1 N–H and O–H groups in total. The minimum absolute atomic E-state index is 0.0259. The highest BCUT2D eigenvalue weighted by Crippen LogP contribution is 2.18. The van der Waals surface area contributed by atoms with Gasteiger partial charge in [0.2, 0.25) is 0 Å². The Morgan fingerprint density at radius 2 is 2.00 bits per heavy atom. The lowest BCUT2D eigenvalue weighted by molar-refractivity contribution is -0.123. The van der Waals surface area contributed by atoms with Gasteiger partial charge in [0.05, 0.1) is 6.04 Å². The van der Waals surface area contributed by atoms with E-state index >= 15 is 0 Å². The average molecular weight is 315 g/mol. The topological polar surface area (TPSA) is 46.5 Å². The lowest BCUT2D eigenvalue weighted by Crippen LogP contribution is -2.37. The molecule has 1 aromatic heterocycles. The third kappa shape index (κ3) is 4.60. The molecular formula is C18H25N3O2. The SMILES string of the molecule is Cc1ccccc1OCC(=O)NCC(c1cccn1C)N(C)C. The highest BCUT2D eigenvalue weighted by Gasteiger charge is 2.17. The summed E-state index contributed by atoms with van der Waals surface area (Å²) >= 11 is 0. The first-order chi connectivity index (χ1) is 11.0. The van der Waals surface area contributed by atoms with Crippen molar-refractivity contribution in [1.29, 1.82) is 0 Å². The Hall–Kier alpha value is -2.27. The standard InChI is InChI=1S/C18H25N3O2/c1-14-8-5-6-10-17(14)23-13-18(22)19-12-16(20(2)3)15-9-7-11-21(15)4/h5-11,16H,12-13H2,1-4H3,(H,19,22). The molecule has 0 aliphatic rings. The second kappa shape index (κ2) is 7.83. The number of carbonyl (C=O) groups excluding carboxylic acids is 1. The van der Waals surface area contributed by atoms with Gasteiger partial charge in [-0.3, -0.25) is 9.69 Å². The predicted molar refractivity (Wildman–Crippen MR) is 91.5 cm³/mol. The zero-order valence-electron chi connectivity index (χ0n) is 14.2. The fraction of sp³-hybridized carbons (Fsp3) is 0.389. The van der Waals surface area contributed by atoms with Crippen LogP contribution >= 0.6 is 0 Å². The van der Waals surface area contributed by atoms with Gasteiger partial charge in [0.1, 0.15) is 5.75 Å². The van der Waals surface area contributed by atoms with Crippen molar-refractivity contribution >= 4 is 5.91 Å². The van der Waals surface area contributed by atoms with E-state index in [1.807, 2.05) is 64.6 Å². The molecule has 5 nitrogen and oxygen atoms in total. The van der Waals surface area contributed by atoms with E-state index in [4.69, 9.17) is 4.74 Å². The normalized spacial score (nSPS) is 12.2. The molecule has 2 rings (SSSR count). The molecule has 1 unspecified atom stereocenters. The van der Waals surface area contributed by atoms with Crippen LogP contribution in [-0.4, -0.2) is 42.6 Å². The van der Waals surface area contributed by atoms with Crippen LogP contribution in [0.4, 0.5) is 0 Å². The first kappa shape index (κ1) is 17.1. The van der Waals surface area contributed by atoms with E-state index in [9.17, 15) is 4.79 Å². The largest absolute Gasteiger partial charge is 0.484 e. The molecule has 2 aromatic rings. The number of amides is 1. The molecule has 1 heterocycles. The molecule has 1 atom stereocenters. The van der Waals surface area contributed by atoms with Gasteiger partial charge in [0.15, 0.2) is 6.61 Å². The van der Waals surface area contributed by atoms with Crippen molar-refractivity contribution in [3.8, 4) is 5.75 Å². The molecule has 0 spiro atoms. The molecule has 5 heteroatoms. The number of carbonyl (C=O) groups is 1. The van der Waals surface area contributed by atoms with Gasteiger partial charge in [-0.15, -0.1) is 0 Å². The number of ether oxygens (including phenoxy) is 1. The van der Waals surface area contributed by atoms with Gasteiger partial charge in [-0.05, 0) is 44.8 Å². The van der Waals surface area contributed by atoms with Crippen molar-refractivity contribution in [2.24, 2.45) is 7.05 Å². The van der Waals surface area contributed by atoms with Crippen LogP contribution < -0.4 is 10.1 Å². The number of aryl methyl sites for hydroxylation is 2. The van der Waals surface area contributed by atoms with E-state index in [1.165, 1.54) is 0 Å². The van der Waals surface area contributed by atoms with E-state index in [0.29, 0.717) is 6.54 Å². The number of para-hydroxylation sites is 1. The Morgan fingerprint density at radius 3 is 2.61 bits per heavy atom. The van der Waals surface area contributed by atoms with E-state index in [0.717, 1.165) is 17.0 Å². The smallest absolute Gasteiger partial charge is 0.258 e. The van der Waals surface area contributed by atoms with Crippen LogP contribution in [0.2, 0.25) is 0 Å². The maximum absolute atomic E-state index is 12.0. The van der Waals surface area contributed by atoms with Gasteiger partial charge < -0.3 is 14.6 Å². The number of aromatic nitrogens is 1. The molecule has 1 amide bonds. The third-order valence-corrected chi connectivity index (χ3v) is 3.89. The van der Waals surface area contributed by atoms with Crippen molar-refractivity contribution in [2.75, 3.05) is 27.2 Å². The molecular weight excluding hydrogens is 290 g/mol. The highest BCUT2D eigenvalue weighted by atomic mass is 16.5. The zero-order valence-corrected chi connectivity index (χ0v) is 14.2. The molecule has 0 fully saturated rings. The molecule has 23 heavy (non-hydrogen) atoms. The van der Waals surface area contributed by atoms with Crippen LogP contribution in [0.1, 0.15) is 17.3 Å². The molecule has 0 saturated heterocycles. The van der Waals surface area contributed by atoms with Gasteiger partial charge in [-0.1, -0.05) is 18.2 Å². The van der Waals surface area contributed by atoms with Crippen LogP contribution in [0.3, 0.4) is 0 Å². The van der Waals surface area contributed by atoms with Crippen molar-refractivity contribution < 1.29 is 9.53 Å². The number of likely N-dealkylation sites (N-methyl/N-ethyl adjacent to an activating group) is 1. The third-order valence-electron chi connectivity index (χ3n) is 3.89. The fourth-order valence-corrected chi connectivity index (χ4v) is 2.50. The van der Waals surface area contributed by atoms with E-state index in [2.05, 4.69) is 20.9 Å². The van der Waals surface area contributed by atoms with Crippen LogP contribution in [0.15, 0.2) is 42.6 Å². The number of hydrogen-bond acceptors (Lipinski definition) is 3. The summed E-state index contributed by atoms with van der Waals surface area (Å²) in [6.45, 7) is 2.53. The number of hydrogen-bond donors (Lipinski definition) is 1. The van der Waals surface area contributed by atoms with Crippen LogP contribution in [0.25, 0.3) is 0 Å². The maximum atomic E-state index is 12.0. The quantitative estimate of drug-likeness (QED) is 0.851. The Balaban J connectivity index is 1.87. The van der Waals surface area contributed by atoms with E-state index in [-0.39, 0.29) is 18.6 Å². The molecule has 124 valence electrons. The highest BCUT2D eigenvalue weighted by molar-refractivity contribution is 5.77. The first-order valence-corrected chi connectivity index (χ1v) is 7.72. The molecule has 0 saturated carbocycles. The summed E-state index contributed by atoms with van der Waals surface area (Å²) < 4.78 is 7.65. The Kier molecular flexibility index (Phi) is 5.82. The number of nitrogens with one attached hydrogen (secondary N) is 1. The molecule has 0 aliphatic heterocycles. The molecule has 1 aromatic carbocycles. The maximum Gasteiger partial charge on any atom is 0.258 e. The van der Waals surface area contributed by atoms with Gasteiger partial charge in [-0.25, -0.2) is 0 Å². The minimum atomic E-state index is -0.116. The summed E-state index contributed by atoms with van der Waals surface area (Å²) in [6.07, 6.45) is 2.01. The lowest BCUT2D eigenvalue weighted by Gasteiger charge is -2.25. The van der Waals surface area contributed by atoms with Crippen molar-refractivity contribution in [3.63, 3.8) is 0 Å². The lowest BCUT2D eigenvalue weighted by atomic mass is 10.2. The zero-order chi connectivity index (χ0) is 16.8. The van der Waals surface area contributed by atoms with Crippen molar-refractivity contribution in [1.82, 2.24) is 14.8 Å². The second-order valence-corrected chi connectivity index (χ2v) is 5.88. The Bertz CT molecular complexity index is 649. The predicted octanol–water partition coefficient (Wildman–Crippen LogP) is 2.13. The molecule has 0 aliphatic carbocycles. The Morgan fingerprint density at radius 1 is 1.26 bits per heavy atom. The summed E-state index contributed by atoms with van der Waals surface area (Å²) in [5, 5.41) is 2.95. The average Bonchev–Trinajstić information content (AvgIpc) is 2.92. The van der Waals surface area contributed by atoms with Crippen molar-refractivity contribution in [2.45, 2.75) is 13.0 Å². The Labute approximate surface area is 137 Å². The van der Waals surface area contributed by atoms with Gasteiger partial charge in [-0.2, -0.15) is 0 Å². The summed E-state index contributed by atoms with van der Waals surface area (Å²) in [5.74, 6) is 0.628. The van der Waals surface area contributed by atoms with Crippen LogP contribution in [-0.2, 0) is 11.8 Å². The number of benzene rings is 1. The van der Waals surface area contributed by atoms with Gasteiger partial charge in [0, 0.05) is 25.5 Å². The summed E-state index contributed by atoms with van der Waals surface area (Å²) in [5.41, 5.74) is 2.19. The summed E-state index contributed by atoms with van der Waals surface area (Å²) in [7, 11) is 6.02. The molecule has 0 radical (unpaired) electrons. The van der Waals surface area contributed by atoms with Gasteiger partial charge in [0.25, 0.3) is 5.91 Å². The second-order valence-electron chi connectivity index (χ2n) is 5.88. The monoisotopic (exact) mass is 315 g/mol. The summed E-state index contributed by atoms with van der Waals surface area (Å²) in [4.78, 5) is 14.1. The van der Waals surface area contributed by atoms with Crippen molar-refractivity contribution in [3.05, 3.63) is 53.9 Å². The first-order valence-electron chi connectivity index (χ1n) is 7.72. The fourth-order valence-electron chi connectivity index (χ4n) is 2.50. The van der Waals surface area contributed by atoms with Gasteiger partial charge >= 0.3 is 0 Å². The number of nitrogens with zero attached hydrogens (tertiary/aromatic N) is 2.